The van der Waals surface area contributed by atoms with E-state index < -0.39 is 17.4 Å². The summed E-state index contributed by atoms with van der Waals surface area (Å²) in [7, 11) is 1.60. The first-order valence-corrected chi connectivity index (χ1v) is 8.44. The number of hydrogen-bond acceptors (Lipinski definition) is 5. The zero-order chi connectivity index (χ0) is 19.5. The fourth-order valence-electron chi connectivity index (χ4n) is 2.65. The molecule has 0 spiro atoms. The van der Waals surface area contributed by atoms with E-state index in [4.69, 9.17) is 4.74 Å². The Morgan fingerprint density at radius 1 is 1.12 bits per heavy atom. The van der Waals surface area contributed by atoms with Crippen molar-refractivity contribution in [3.63, 3.8) is 0 Å². The second-order valence-corrected chi connectivity index (χ2v) is 7.27. The highest BCUT2D eigenvalue weighted by Crippen LogP contribution is 2.23. The Balaban J connectivity index is 2.52. The van der Waals surface area contributed by atoms with Crippen molar-refractivity contribution in [2.75, 3.05) is 0 Å². The van der Waals surface area contributed by atoms with Crippen molar-refractivity contribution < 1.29 is 19.1 Å². The van der Waals surface area contributed by atoms with Crippen molar-refractivity contribution in [2.24, 2.45) is 7.05 Å². The van der Waals surface area contributed by atoms with Gasteiger partial charge in [-0.2, -0.15) is 5.10 Å². The van der Waals surface area contributed by atoms with E-state index in [1.807, 2.05) is 30.3 Å². The molecule has 0 saturated heterocycles. The molecule has 138 valence electrons. The van der Waals surface area contributed by atoms with Crippen LogP contribution in [0.25, 0.3) is 0 Å². The Morgan fingerprint density at radius 2 is 1.73 bits per heavy atom. The molecule has 6 heteroatoms. The van der Waals surface area contributed by atoms with Gasteiger partial charge in [0.2, 0.25) is 0 Å². The zero-order valence-corrected chi connectivity index (χ0v) is 15.8. The smallest absolute Gasteiger partial charge is 0.357 e. The lowest BCUT2D eigenvalue weighted by molar-refractivity contribution is -0.116. The molecule has 6 nitrogen and oxygen atoms in total. The summed E-state index contributed by atoms with van der Waals surface area (Å²) in [5, 5.41) is 4.22. The molecule has 0 aliphatic carbocycles. The van der Waals surface area contributed by atoms with Gasteiger partial charge in [0.05, 0.1) is 6.42 Å². The number of carbonyl (C=O) groups is 3. The van der Waals surface area contributed by atoms with Crippen LogP contribution in [0, 0.1) is 0 Å². The predicted molar refractivity (Wildman–Crippen MR) is 97.3 cm³/mol. The third kappa shape index (κ3) is 4.88. The molecule has 2 rings (SSSR count). The lowest BCUT2D eigenvalue weighted by atomic mass is 9.99. The summed E-state index contributed by atoms with van der Waals surface area (Å²) >= 11 is 0. The number of carbonyl (C=O) groups excluding carboxylic acids is 3. The van der Waals surface area contributed by atoms with E-state index in [-0.39, 0.29) is 23.6 Å². The van der Waals surface area contributed by atoms with Gasteiger partial charge < -0.3 is 4.74 Å². The topological polar surface area (TPSA) is 78.3 Å². The Morgan fingerprint density at radius 3 is 2.27 bits per heavy atom. The highest BCUT2D eigenvalue weighted by molar-refractivity contribution is 6.08. The van der Waals surface area contributed by atoms with Crippen molar-refractivity contribution in [1.82, 2.24) is 9.78 Å². The lowest BCUT2D eigenvalue weighted by Crippen LogP contribution is -2.26. The molecule has 2 aromatic rings. The maximum Gasteiger partial charge on any atom is 0.357 e. The SMILES string of the molecule is CC(=O)CC(=O)c1nn(C)c(C(=O)OC(C)(C)C)c1Cc1ccccc1. The van der Waals surface area contributed by atoms with E-state index in [2.05, 4.69) is 5.10 Å². The summed E-state index contributed by atoms with van der Waals surface area (Å²) in [5.74, 6) is -1.18. The second-order valence-electron chi connectivity index (χ2n) is 7.27. The van der Waals surface area contributed by atoms with E-state index in [0.29, 0.717) is 12.0 Å². The van der Waals surface area contributed by atoms with Gasteiger partial charge in [0.1, 0.15) is 17.1 Å². The third-order valence-corrected chi connectivity index (χ3v) is 3.63. The number of ether oxygens (including phenoxy) is 1. The van der Waals surface area contributed by atoms with E-state index in [9.17, 15) is 14.4 Å². The summed E-state index contributed by atoms with van der Waals surface area (Å²) < 4.78 is 6.84. The molecule has 0 bridgehead atoms. The summed E-state index contributed by atoms with van der Waals surface area (Å²) in [6.45, 7) is 6.69. The standard InChI is InChI=1S/C20H24N2O4/c1-13(23)11-16(24)17-15(12-14-9-7-6-8-10-14)18(22(5)21-17)19(25)26-20(2,3)4/h6-10H,11-12H2,1-5H3. The predicted octanol–water partition coefficient (Wildman–Crippen LogP) is 3.13. The maximum absolute atomic E-state index is 12.7. The maximum atomic E-state index is 12.7. The van der Waals surface area contributed by atoms with Gasteiger partial charge in [0.15, 0.2) is 11.5 Å². The number of hydrogen-bond donors (Lipinski definition) is 0. The van der Waals surface area contributed by atoms with E-state index >= 15 is 0 Å². The molecule has 0 amide bonds. The summed E-state index contributed by atoms with van der Waals surface area (Å²) in [6.07, 6.45) is 0.106. The van der Waals surface area contributed by atoms with Crippen molar-refractivity contribution in [1.29, 1.82) is 0 Å². The molecule has 0 atom stereocenters. The van der Waals surface area contributed by atoms with Crippen molar-refractivity contribution in [2.45, 2.75) is 46.1 Å². The molecule has 26 heavy (non-hydrogen) atoms. The van der Waals surface area contributed by atoms with Crippen molar-refractivity contribution >= 4 is 17.5 Å². The van der Waals surface area contributed by atoms with E-state index in [0.717, 1.165) is 5.56 Å². The van der Waals surface area contributed by atoms with Crippen molar-refractivity contribution in [3.8, 4) is 0 Å². The first-order valence-electron chi connectivity index (χ1n) is 8.44. The highest BCUT2D eigenvalue weighted by Gasteiger charge is 2.29. The van der Waals surface area contributed by atoms with Crippen LogP contribution in [0.3, 0.4) is 0 Å². The van der Waals surface area contributed by atoms with Gasteiger partial charge in [0.25, 0.3) is 0 Å². The summed E-state index contributed by atoms with van der Waals surface area (Å²) in [6, 6.07) is 9.48. The molecule has 1 aromatic heterocycles. The molecule has 1 heterocycles. The number of nitrogens with zero attached hydrogens (tertiary/aromatic N) is 2. The molecule has 0 unspecified atom stereocenters. The number of esters is 1. The van der Waals surface area contributed by atoms with Crippen LogP contribution in [0.2, 0.25) is 0 Å². The Bertz CT molecular complexity index is 829. The molecule has 0 aliphatic rings. The largest absolute Gasteiger partial charge is 0.455 e. The van der Waals surface area contributed by atoms with Gasteiger partial charge in [-0.05, 0) is 33.3 Å². The Kier molecular flexibility index (Phi) is 5.75. The monoisotopic (exact) mass is 356 g/mol. The number of rotatable bonds is 6. The van der Waals surface area contributed by atoms with E-state index in [1.165, 1.54) is 11.6 Å². The van der Waals surface area contributed by atoms with Crippen LogP contribution in [-0.2, 0) is 23.0 Å². The fraction of sp³-hybridized carbons (Fsp3) is 0.400. The molecule has 1 aromatic carbocycles. The summed E-state index contributed by atoms with van der Waals surface area (Å²) in [4.78, 5) is 36.5. The first-order chi connectivity index (χ1) is 12.1. The van der Waals surface area contributed by atoms with E-state index in [1.54, 1.807) is 27.8 Å². The highest BCUT2D eigenvalue weighted by atomic mass is 16.6. The van der Waals surface area contributed by atoms with Crippen LogP contribution in [0.5, 0.6) is 0 Å². The normalized spacial score (nSPS) is 11.3. The fourth-order valence-corrected chi connectivity index (χ4v) is 2.65. The van der Waals surface area contributed by atoms with Crippen LogP contribution < -0.4 is 0 Å². The zero-order valence-electron chi connectivity index (χ0n) is 15.8. The van der Waals surface area contributed by atoms with Gasteiger partial charge in [-0.1, -0.05) is 30.3 Å². The molecular weight excluding hydrogens is 332 g/mol. The van der Waals surface area contributed by atoms with Crippen LogP contribution >= 0.6 is 0 Å². The summed E-state index contributed by atoms with van der Waals surface area (Å²) in [5.41, 5.74) is 1.12. The molecule has 0 saturated carbocycles. The molecule has 0 radical (unpaired) electrons. The average Bonchev–Trinajstić information content (AvgIpc) is 2.82. The lowest BCUT2D eigenvalue weighted by Gasteiger charge is -2.20. The van der Waals surface area contributed by atoms with Crippen LogP contribution in [0.15, 0.2) is 30.3 Å². The van der Waals surface area contributed by atoms with Crippen LogP contribution in [-0.4, -0.2) is 32.9 Å². The minimum atomic E-state index is -0.672. The molecule has 0 aliphatic heterocycles. The van der Waals surface area contributed by atoms with Crippen LogP contribution in [0.1, 0.15) is 66.2 Å². The first kappa shape index (κ1) is 19.6. The number of Topliss-reactive ketones (excluding diaryl/α,β-unsaturated/α-hetero) is 2. The molecular formula is C20H24N2O4. The van der Waals surface area contributed by atoms with Gasteiger partial charge in [0, 0.05) is 19.0 Å². The number of benzene rings is 1. The van der Waals surface area contributed by atoms with Crippen molar-refractivity contribution in [3.05, 3.63) is 52.8 Å². The van der Waals surface area contributed by atoms with Gasteiger partial charge in [-0.3, -0.25) is 14.3 Å². The molecule has 0 N–H and O–H groups in total. The van der Waals surface area contributed by atoms with Gasteiger partial charge in [-0.15, -0.1) is 0 Å². The quantitative estimate of drug-likeness (QED) is 0.451. The Hall–Kier alpha value is -2.76. The third-order valence-electron chi connectivity index (χ3n) is 3.63. The minimum Gasteiger partial charge on any atom is -0.455 e. The second kappa shape index (κ2) is 7.64. The number of aryl methyl sites for hydroxylation is 1. The average molecular weight is 356 g/mol. The Labute approximate surface area is 153 Å². The number of aromatic nitrogens is 2. The number of ketones is 2. The van der Waals surface area contributed by atoms with Gasteiger partial charge in [-0.25, -0.2) is 4.79 Å². The molecule has 0 fully saturated rings. The van der Waals surface area contributed by atoms with Crippen LogP contribution in [0.4, 0.5) is 0 Å². The minimum absolute atomic E-state index is 0.146. The van der Waals surface area contributed by atoms with Gasteiger partial charge >= 0.3 is 5.97 Å².